The molecule has 0 radical (unpaired) electrons. The summed E-state index contributed by atoms with van der Waals surface area (Å²) in [5.74, 6) is 0.562. The molecule has 0 N–H and O–H groups in total. The van der Waals surface area contributed by atoms with Crippen LogP contribution in [0.2, 0.25) is 0 Å². The number of hydrogen-bond acceptors (Lipinski definition) is 2. The second-order valence-corrected chi connectivity index (χ2v) is 17.5. The summed E-state index contributed by atoms with van der Waals surface area (Å²) in [6.45, 7) is 2.41. The van der Waals surface area contributed by atoms with E-state index in [1.165, 1.54) is 87.4 Å². The van der Waals surface area contributed by atoms with Gasteiger partial charge in [-0.1, -0.05) is 189 Å². The van der Waals surface area contributed by atoms with Gasteiger partial charge in [-0.3, -0.25) is 0 Å². The molecule has 0 saturated heterocycles. The van der Waals surface area contributed by atoms with Crippen molar-refractivity contribution in [2.45, 2.75) is 50.4 Å². The summed E-state index contributed by atoms with van der Waals surface area (Å²) in [6.07, 6.45) is 6.43. The number of benzene rings is 9. The van der Waals surface area contributed by atoms with Gasteiger partial charge >= 0.3 is 0 Å². The van der Waals surface area contributed by atoms with Crippen LogP contribution < -0.4 is 4.90 Å². The average molecular weight is 798 g/mol. The Labute approximate surface area is 363 Å². The zero-order chi connectivity index (χ0) is 41.2. The summed E-state index contributed by atoms with van der Waals surface area (Å²) >= 11 is 0. The zero-order valence-electron chi connectivity index (χ0n) is 35.0. The first kappa shape index (κ1) is 36.7. The Kier molecular flexibility index (Phi) is 8.74. The Balaban J connectivity index is 1.17. The number of fused-ring (bicyclic) bond motifs is 7. The van der Waals surface area contributed by atoms with Crippen molar-refractivity contribution in [1.82, 2.24) is 0 Å². The predicted molar refractivity (Wildman–Crippen MR) is 260 cm³/mol. The zero-order valence-corrected chi connectivity index (χ0v) is 35.0. The van der Waals surface area contributed by atoms with E-state index in [1.54, 1.807) is 0 Å². The molecule has 0 aliphatic heterocycles. The van der Waals surface area contributed by atoms with Crippen LogP contribution >= 0.6 is 0 Å². The SMILES string of the molecule is CC1(c2ccccc2)c2ccccc2-c2c(N(c3ccccc3-c3cccc4cccc(C5CCCCC5)c34)c3ccccc3-c3cccc4oc5ccccc5c34)cccc21. The molecule has 1 aromatic heterocycles. The summed E-state index contributed by atoms with van der Waals surface area (Å²) in [5.41, 5.74) is 17.6. The van der Waals surface area contributed by atoms with Gasteiger partial charge in [0.1, 0.15) is 11.2 Å². The lowest BCUT2D eigenvalue weighted by molar-refractivity contribution is 0.445. The maximum Gasteiger partial charge on any atom is 0.136 e. The minimum Gasteiger partial charge on any atom is -0.456 e. The second-order valence-electron chi connectivity index (χ2n) is 17.5. The molecule has 10 aromatic rings. The van der Waals surface area contributed by atoms with Crippen molar-refractivity contribution in [2.75, 3.05) is 4.90 Å². The summed E-state index contributed by atoms with van der Waals surface area (Å²) in [7, 11) is 0. The number of hydrogen-bond donors (Lipinski definition) is 0. The third-order valence-electron chi connectivity index (χ3n) is 14.2. The van der Waals surface area contributed by atoms with Gasteiger partial charge in [0.15, 0.2) is 0 Å². The van der Waals surface area contributed by atoms with Gasteiger partial charge in [-0.25, -0.2) is 0 Å². The van der Waals surface area contributed by atoms with Crippen LogP contribution in [-0.4, -0.2) is 0 Å². The highest BCUT2D eigenvalue weighted by Gasteiger charge is 2.42. The lowest BCUT2D eigenvalue weighted by Gasteiger charge is -2.33. The summed E-state index contributed by atoms with van der Waals surface area (Å²) in [6, 6.07) is 74.2. The molecule has 2 aliphatic carbocycles. The third-order valence-corrected chi connectivity index (χ3v) is 14.2. The quantitative estimate of drug-likeness (QED) is 0.160. The monoisotopic (exact) mass is 797 g/mol. The van der Waals surface area contributed by atoms with Gasteiger partial charge in [0.2, 0.25) is 0 Å². The normalized spacial score (nSPS) is 16.1. The number of furan rings is 1. The Hall–Kier alpha value is -7.16. The summed E-state index contributed by atoms with van der Waals surface area (Å²) < 4.78 is 6.51. The van der Waals surface area contributed by atoms with E-state index >= 15 is 0 Å². The molecule has 0 bridgehead atoms. The molecule has 1 fully saturated rings. The molecule has 9 aromatic carbocycles. The molecule has 12 rings (SSSR count). The minimum atomic E-state index is -0.347. The van der Waals surface area contributed by atoms with Crippen LogP contribution in [0.25, 0.3) is 66.1 Å². The van der Waals surface area contributed by atoms with E-state index in [9.17, 15) is 0 Å². The van der Waals surface area contributed by atoms with Gasteiger partial charge in [-0.05, 0) is 106 Å². The smallest absolute Gasteiger partial charge is 0.136 e. The van der Waals surface area contributed by atoms with Crippen molar-refractivity contribution in [2.24, 2.45) is 0 Å². The van der Waals surface area contributed by atoms with Gasteiger partial charge in [-0.15, -0.1) is 0 Å². The highest BCUT2D eigenvalue weighted by atomic mass is 16.3. The van der Waals surface area contributed by atoms with E-state index < -0.39 is 0 Å². The van der Waals surface area contributed by atoms with E-state index in [0.29, 0.717) is 5.92 Å². The Morgan fingerprint density at radius 1 is 0.435 bits per heavy atom. The van der Waals surface area contributed by atoms with Crippen LogP contribution in [0.4, 0.5) is 17.1 Å². The molecular formula is C60H47NO. The highest BCUT2D eigenvalue weighted by molar-refractivity contribution is 6.14. The maximum atomic E-state index is 6.51. The Morgan fingerprint density at radius 2 is 0.984 bits per heavy atom. The van der Waals surface area contributed by atoms with Gasteiger partial charge in [0.05, 0.1) is 17.1 Å². The molecule has 1 saturated carbocycles. The maximum absolute atomic E-state index is 6.51. The topological polar surface area (TPSA) is 16.4 Å². The third kappa shape index (κ3) is 5.63. The van der Waals surface area contributed by atoms with E-state index in [2.05, 4.69) is 212 Å². The van der Waals surface area contributed by atoms with Gasteiger partial charge in [0.25, 0.3) is 0 Å². The van der Waals surface area contributed by atoms with E-state index in [-0.39, 0.29) is 5.41 Å². The fourth-order valence-corrected chi connectivity index (χ4v) is 11.3. The second kappa shape index (κ2) is 14.8. The fourth-order valence-electron chi connectivity index (χ4n) is 11.3. The predicted octanol–water partition coefficient (Wildman–Crippen LogP) is 16.9. The van der Waals surface area contributed by atoms with Crippen molar-refractivity contribution >= 4 is 49.8 Å². The molecule has 2 heteroatoms. The van der Waals surface area contributed by atoms with Crippen LogP contribution in [-0.2, 0) is 5.41 Å². The molecule has 1 unspecified atom stereocenters. The lowest BCUT2D eigenvalue weighted by atomic mass is 9.74. The van der Waals surface area contributed by atoms with Crippen LogP contribution in [0.1, 0.15) is 67.2 Å². The van der Waals surface area contributed by atoms with Gasteiger partial charge in [0, 0.05) is 32.9 Å². The van der Waals surface area contributed by atoms with Crippen molar-refractivity contribution < 1.29 is 4.42 Å². The van der Waals surface area contributed by atoms with Crippen molar-refractivity contribution in [1.29, 1.82) is 0 Å². The van der Waals surface area contributed by atoms with Gasteiger partial charge < -0.3 is 9.32 Å². The first-order valence-corrected chi connectivity index (χ1v) is 22.4. The van der Waals surface area contributed by atoms with Crippen LogP contribution in [0, 0.1) is 0 Å². The van der Waals surface area contributed by atoms with E-state index in [4.69, 9.17) is 4.42 Å². The summed E-state index contributed by atoms with van der Waals surface area (Å²) in [4.78, 5) is 2.58. The number of anilines is 3. The molecule has 1 atom stereocenters. The molecule has 1 heterocycles. The number of nitrogens with zero attached hydrogens (tertiary/aromatic N) is 1. The standard InChI is InChI=1S/C60H47NO/c1-60(42-24-6-3-7-25-42)50-33-12-8-28-48(50)59-51(60)34-19-37-54(59)61(53-36-14-10-27-45(53)47-32-18-39-56-58(47)49-29-11-15-38-55(49)62-56)52-35-13-9-26-44(52)46-31-17-23-41-22-16-30-43(57(41)46)40-20-4-2-5-21-40/h3,6-19,22-40H,2,4-5,20-21H2,1H3. The molecule has 62 heavy (non-hydrogen) atoms. The molecule has 2 nitrogen and oxygen atoms in total. The fraction of sp³-hybridized carbons (Fsp3) is 0.133. The molecule has 0 spiro atoms. The van der Waals surface area contributed by atoms with Crippen molar-refractivity contribution in [3.8, 4) is 33.4 Å². The first-order chi connectivity index (χ1) is 30.7. The van der Waals surface area contributed by atoms with E-state index in [0.717, 1.165) is 50.1 Å². The van der Waals surface area contributed by atoms with Crippen molar-refractivity contribution in [3.63, 3.8) is 0 Å². The first-order valence-electron chi connectivity index (χ1n) is 22.4. The summed E-state index contributed by atoms with van der Waals surface area (Å²) in [5, 5.41) is 4.95. The molecular weight excluding hydrogens is 751 g/mol. The molecule has 298 valence electrons. The van der Waals surface area contributed by atoms with Crippen LogP contribution in [0.15, 0.2) is 205 Å². The number of para-hydroxylation sites is 3. The van der Waals surface area contributed by atoms with Crippen LogP contribution in [0.5, 0.6) is 0 Å². The van der Waals surface area contributed by atoms with E-state index in [1.807, 2.05) is 0 Å². The molecule has 2 aliphatic rings. The van der Waals surface area contributed by atoms with Crippen molar-refractivity contribution in [3.05, 3.63) is 222 Å². The Bertz CT molecular complexity index is 3310. The number of rotatable bonds is 7. The minimum absolute atomic E-state index is 0.347. The largest absolute Gasteiger partial charge is 0.456 e. The van der Waals surface area contributed by atoms with Crippen LogP contribution in [0.3, 0.4) is 0 Å². The average Bonchev–Trinajstić information content (AvgIpc) is 3.86. The molecule has 0 amide bonds. The van der Waals surface area contributed by atoms with Gasteiger partial charge in [-0.2, -0.15) is 0 Å². The highest BCUT2D eigenvalue weighted by Crippen LogP contribution is 2.58. The lowest BCUT2D eigenvalue weighted by Crippen LogP contribution is -2.22. The Morgan fingerprint density at radius 3 is 1.76 bits per heavy atom.